The van der Waals surface area contributed by atoms with Crippen LogP contribution in [-0.4, -0.2) is 41.0 Å². The van der Waals surface area contributed by atoms with Gasteiger partial charge in [-0.3, -0.25) is 9.59 Å². The Labute approximate surface area is 254 Å². The van der Waals surface area contributed by atoms with Crippen LogP contribution in [0, 0.1) is 0 Å². The van der Waals surface area contributed by atoms with Crippen LogP contribution >= 0.6 is 0 Å². The van der Waals surface area contributed by atoms with Gasteiger partial charge in [0, 0.05) is 37.1 Å². The number of carboxylic acid groups (broad SMARTS) is 1. The van der Waals surface area contributed by atoms with E-state index in [1.165, 1.54) is 0 Å². The minimum Gasteiger partial charge on any atom is -0.550 e. The summed E-state index contributed by atoms with van der Waals surface area (Å²) in [5.74, 6) is -1.73. The van der Waals surface area contributed by atoms with E-state index in [9.17, 15) is 24.6 Å². The number of phenolic OH excluding ortho intramolecular Hbond substituents is 1. The summed E-state index contributed by atoms with van der Waals surface area (Å²) in [6.45, 7) is 0.212. The van der Waals surface area contributed by atoms with Crippen molar-refractivity contribution in [1.82, 2.24) is 15.6 Å². The number of benzene rings is 3. The number of aliphatic carboxylic acids is 1. The molecule has 4 aromatic rings. The SMILES string of the molecule is O=C([O-])CC(NC(=O)CNC(=O)CCCNc1ccccn1)c1ccc(-c2cccc3ccccc23)cc1O.[Na+]. The monoisotopic (exact) mass is 548 g/mol. The minimum absolute atomic E-state index is 0. The molecule has 1 atom stereocenters. The van der Waals surface area contributed by atoms with Crippen molar-refractivity contribution in [1.29, 1.82) is 0 Å². The third kappa shape index (κ3) is 8.54. The molecule has 0 aliphatic carbocycles. The van der Waals surface area contributed by atoms with Gasteiger partial charge in [-0.2, -0.15) is 0 Å². The maximum absolute atomic E-state index is 12.5. The number of nitrogens with zero attached hydrogens (tertiary/aromatic N) is 1. The molecule has 0 aliphatic rings. The third-order valence-corrected chi connectivity index (χ3v) is 6.21. The molecule has 1 unspecified atom stereocenters. The van der Waals surface area contributed by atoms with E-state index < -0.39 is 24.3 Å². The molecule has 1 heterocycles. The molecule has 0 fully saturated rings. The van der Waals surface area contributed by atoms with Crippen LogP contribution in [0.1, 0.15) is 30.9 Å². The van der Waals surface area contributed by atoms with Crippen molar-refractivity contribution in [2.24, 2.45) is 0 Å². The van der Waals surface area contributed by atoms with Gasteiger partial charge in [-0.25, -0.2) is 4.98 Å². The zero-order chi connectivity index (χ0) is 27.6. The predicted molar refractivity (Wildman–Crippen MR) is 147 cm³/mol. The van der Waals surface area contributed by atoms with E-state index in [1.807, 2.05) is 60.7 Å². The Morgan fingerprint density at radius 3 is 2.45 bits per heavy atom. The fourth-order valence-electron chi connectivity index (χ4n) is 4.33. The van der Waals surface area contributed by atoms with Gasteiger partial charge >= 0.3 is 29.6 Å². The molecule has 4 N–H and O–H groups in total. The molecule has 10 heteroatoms. The van der Waals surface area contributed by atoms with Crippen LogP contribution in [0.5, 0.6) is 5.75 Å². The average Bonchev–Trinajstić information content (AvgIpc) is 2.94. The first kappa shape index (κ1) is 30.6. The van der Waals surface area contributed by atoms with Crippen LogP contribution < -0.4 is 50.6 Å². The summed E-state index contributed by atoms with van der Waals surface area (Å²) < 4.78 is 0. The number of anilines is 1. The Balaban J connectivity index is 0.00000441. The first-order chi connectivity index (χ1) is 18.9. The van der Waals surface area contributed by atoms with E-state index in [2.05, 4.69) is 20.9 Å². The van der Waals surface area contributed by atoms with Crippen LogP contribution in [-0.2, 0) is 14.4 Å². The summed E-state index contributed by atoms with van der Waals surface area (Å²) >= 11 is 0. The Kier molecular flexibility index (Phi) is 11.5. The van der Waals surface area contributed by atoms with Gasteiger partial charge < -0.3 is 31.0 Å². The standard InChI is InChI=1S/C30H30N4O5.Na/c35-26-17-21(23-10-5-8-20-7-1-2-9-22(20)23)13-14-24(26)25(18-30(38)39)34-29(37)19-33-28(36)12-6-16-32-27-11-3-4-15-31-27;/h1-5,7-11,13-15,17,25,35H,6,12,16,18-19H2,(H,31,32)(H,33,36)(H,34,37)(H,38,39);/q;+1/p-1. The molecule has 1 aromatic heterocycles. The van der Waals surface area contributed by atoms with Crippen molar-refractivity contribution in [3.63, 3.8) is 0 Å². The Morgan fingerprint density at radius 1 is 0.925 bits per heavy atom. The number of hydrogen-bond donors (Lipinski definition) is 4. The minimum atomic E-state index is -1.39. The first-order valence-corrected chi connectivity index (χ1v) is 12.6. The van der Waals surface area contributed by atoms with E-state index in [-0.39, 0.29) is 59.7 Å². The summed E-state index contributed by atoms with van der Waals surface area (Å²) in [5.41, 5.74) is 1.90. The van der Waals surface area contributed by atoms with Gasteiger partial charge in [0.1, 0.15) is 11.6 Å². The van der Waals surface area contributed by atoms with Crippen LogP contribution in [0.2, 0.25) is 0 Å². The van der Waals surface area contributed by atoms with E-state index in [1.54, 1.807) is 24.4 Å². The Hall–Kier alpha value is -3.92. The molecule has 0 saturated heterocycles. The zero-order valence-corrected chi connectivity index (χ0v) is 24.2. The van der Waals surface area contributed by atoms with Gasteiger partial charge in [0.2, 0.25) is 11.8 Å². The molecule has 4 rings (SSSR count). The summed E-state index contributed by atoms with van der Waals surface area (Å²) in [6, 6.07) is 23.1. The first-order valence-electron chi connectivity index (χ1n) is 12.6. The smallest absolute Gasteiger partial charge is 0.550 e. The number of fused-ring (bicyclic) bond motifs is 1. The molecular weight excluding hydrogens is 519 g/mol. The molecule has 3 aromatic carbocycles. The quantitative estimate of drug-likeness (QED) is 0.143. The van der Waals surface area contributed by atoms with Gasteiger partial charge in [-0.15, -0.1) is 0 Å². The van der Waals surface area contributed by atoms with Crippen molar-refractivity contribution in [3.05, 3.63) is 90.6 Å². The summed E-state index contributed by atoms with van der Waals surface area (Å²) in [6.07, 6.45) is 1.86. The summed E-state index contributed by atoms with van der Waals surface area (Å²) in [4.78, 5) is 40.2. The molecule has 2 amide bonds. The number of carbonyl (C=O) groups excluding carboxylic acids is 3. The molecule has 40 heavy (non-hydrogen) atoms. The van der Waals surface area contributed by atoms with Crippen LogP contribution in [0.15, 0.2) is 85.1 Å². The van der Waals surface area contributed by atoms with E-state index in [0.29, 0.717) is 18.8 Å². The maximum atomic E-state index is 12.5. The molecule has 0 radical (unpaired) electrons. The van der Waals surface area contributed by atoms with Crippen molar-refractivity contribution in [2.75, 3.05) is 18.4 Å². The normalized spacial score (nSPS) is 11.2. The van der Waals surface area contributed by atoms with Gasteiger partial charge in [0.05, 0.1) is 12.6 Å². The Bertz CT molecular complexity index is 1460. The average molecular weight is 549 g/mol. The number of carboxylic acids is 1. The Morgan fingerprint density at radius 2 is 1.70 bits per heavy atom. The molecular formula is C30H29N4NaO5. The topological polar surface area (TPSA) is 143 Å². The van der Waals surface area contributed by atoms with Crippen LogP contribution in [0.3, 0.4) is 0 Å². The van der Waals surface area contributed by atoms with E-state index >= 15 is 0 Å². The van der Waals surface area contributed by atoms with Gasteiger partial charge in [0.15, 0.2) is 0 Å². The van der Waals surface area contributed by atoms with Gasteiger partial charge in [0.25, 0.3) is 0 Å². The van der Waals surface area contributed by atoms with E-state index in [0.717, 1.165) is 21.9 Å². The van der Waals surface area contributed by atoms with Crippen molar-refractivity contribution >= 4 is 34.4 Å². The number of rotatable bonds is 12. The third-order valence-electron chi connectivity index (χ3n) is 6.21. The number of phenols is 1. The zero-order valence-electron chi connectivity index (χ0n) is 22.2. The van der Waals surface area contributed by atoms with Crippen molar-refractivity contribution in [2.45, 2.75) is 25.3 Å². The summed E-state index contributed by atoms with van der Waals surface area (Å²) in [7, 11) is 0. The van der Waals surface area contributed by atoms with Gasteiger partial charge in [-0.05, 0) is 46.5 Å². The molecule has 9 nitrogen and oxygen atoms in total. The van der Waals surface area contributed by atoms with Crippen LogP contribution in [0.4, 0.5) is 5.82 Å². The fraction of sp³-hybridized carbons (Fsp3) is 0.200. The van der Waals surface area contributed by atoms with Gasteiger partial charge in [-0.1, -0.05) is 60.7 Å². The number of amides is 2. The largest absolute Gasteiger partial charge is 1.00 e. The second kappa shape index (κ2) is 15.0. The number of pyridine rings is 1. The number of aromatic hydroxyl groups is 1. The number of aromatic nitrogens is 1. The molecule has 0 aliphatic heterocycles. The molecule has 0 spiro atoms. The van der Waals surface area contributed by atoms with E-state index in [4.69, 9.17) is 0 Å². The number of nitrogens with one attached hydrogen (secondary N) is 3. The number of hydrogen-bond acceptors (Lipinski definition) is 7. The predicted octanol–water partition coefficient (Wildman–Crippen LogP) is -0.0828. The van der Waals surface area contributed by atoms with Crippen molar-refractivity contribution < 1.29 is 54.2 Å². The molecule has 0 saturated carbocycles. The molecule has 0 bridgehead atoms. The van der Waals surface area contributed by atoms with Crippen molar-refractivity contribution in [3.8, 4) is 16.9 Å². The molecule has 200 valence electrons. The fourth-order valence-corrected chi connectivity index (χ4v) is 4.33. The second-order valence-electron chi connectivity index (χ2n) is 9.02. The second-order valence-corrected chi connectivity index (χ2v) is 9.02. The maximum Gasteiger partial charge on any atom is 1.00 e. The number of carbonyl (C=O) groups is 3. The van der Waals surface area contributed by atoms with Crippen LogP contribution in [0.25, 0.3) is 21.9 Å². The summed E-state index contributed by atoms with van der Waals surface area (Å²) in [5, 5.41) is 32.5.